The van der Waals surface area contributed by atoms with Crippen molar-refractivity contribution in [1.29, 1.82) is 0 Å². The third-order valence-corrected chi connectivity index (χ3v) is 7.31. The summed E-state index contributed by atoms with van der Waals surface area (Å²) in [5.74, 6) is 1.85. The molecule has 0 radical (unpaired) electrons. The van der Waals surface area contributed by atoms with Crippen LogP contribution in [0.2, 0.25) is 0 Å². The lowest BCUT2D eigenvalue weighted by molar-refractivity contribution is -0.130. The first-order valence-corrected chi connectivity index (χ1v) is 12.9. The number of carbonyl (C=O) groups is 1. The first kappa shape index (κ1) is 23.4. The molecule has 0 saturated carbocycles. The Morgan fingerprint density at radius 1 is 0.914 bits per heavy atom. The minimum atomic E-state index is 0.135. The fourth-order valence-electron chi connectivity index (χ4n) is 4.60. The predicted octanol–water partition coefficient (Wildman–Crippen LogP) is 4.58. The number of amides is 1. The van der Waals surface area contributed by atoms with E-state index in [0.717, 1.165) is 18.2 Å². The van der Waals surface area contributed by atoms with Gasteiger partial charge in [-0.1, -0.05) is 72.4 Å². The Morgan fingerprint density at radius 2 is 1.57 bits per heavy atom. The summed E-state index contributed by atoms with van der Waals surface area (Å²) in [5, 5.41) is 9.31. The van der Waals surface area contributed by atoms with Crippen LogP contribution in [0.3, 0.4) is 0 Å². The van der Waals surface area contributed by atoms with E-state index in [1.54, 1.807) is 6.26 Å². The van der Waals surface area contributed by atoms with Crippen LogP contribution in [0.5, 0.6) is 0 Å². The molecule has 3 heterocycles. The highest BCUT2D eigenvalue weighted by atomic mass is 32.2. The van der Waals surface area contributed by atoms with E-state index in [-0.39, 0.29) is 11.9 Å². The van der Waals surface area contributed by atoms with Crippen molar-refractivity contribution in [2.45, 2.75) is 24.7 Å². The average molecular weight is 488 g/mol. The van der Waals surface area contributed by atoms with Crippen molar-refractivity contribution >= 4 is 17.7 Å². The normalized spacial score (nSPS) is 14.5. The molecule has 2 aromatic carbocycles. The second-order valence-corrected chi connectivity index (χ2v) is 9.40. The Labute approximate surface area is 209 Å². The highest BCUT2D eigenvalue weighted by Crippen LogP contribution is 2.30. The quantitative estimate of drug-likeness (QED) is 0.339. The van der Waals surface area contributed by atoms with Gasteiger partial charge in [0.15, 0.2) is 16.7 Å². The number of carbonyl (C=O) groups excluding carboxylic acids is 1. The van der Waals surface area contributed by atoms with Crippen LogP contribution in [0.1, 0.15) is 24.1 Å². The molecule has 1 aliphatic rings. The van der Waals surface area contributed by atoms with Gasteiger partial charge in [-0.15, -0.1) is 10.2 Å². The molecule has 5 rings (SSSR count). The van der Waals surface area contributed by atoms with Crippen molar-refractivity contribution in [3.63, 3.8) is 0 Å². The molecule has 0 unspecified atom stereocenters. The average Bonchev–Trinajstić information content (AvgIpc) is 3.59. The summed E-state index contributed by atoms with van der Waals surface area (Å²) in [6.07, 6.45) is 1.63. The molecule has 0 atom stereocenters. The van der Waals surface area contributed by atoms with E-state index in [4.69, 9.17) is 4.42 Å². The van der Waals surface area contributed by atoms with Crippen LogP contribution in [-0.4, -0.2) is 62.4 Å². The predicted molar refractivity (Wildman–Crippen MR) is 137 cm³/mol. The summed E-state index contributed by atoms with van der Waals surface area (Å²) in [7, 11) is 0. The lowest BCUT2D eigenvalue weighted by Gasteiger charge is -2.39. The van der Waals surface area contributed by atoms with Crippen molar-refractivity contribution < 1.29 is 9.21 Å². The summed E-state index contributed by atoms with van der Waals surface area (Å²) < 4.78 is 7.46. The number of nitrogens with zero attached hydrogens (tertiary/aromatic N) is 5. The molecule has 1 aliphatic heterocycles. The van der Waals surface area contributed by atoms with E-state index < -0.39 is 0 Å². The zero-order chi connectivity index (χ0) is 24.0. The summed E-state index contributed by atoms with van der Waals surface area (Å²) in [6.45, 7) is 5.84. The number of furan rings is 1. The van der Waals surface area contributed by atoms with Gasteiger partial charge < -0.3 is 9.32 Å². The highest BCUT2D eigenvalue weighted by Gasteiger charge is 2.28. The molecule has 4 aromatic rings. The summed E-state index contributed by atoms with van der Waals surface area (Å²) >= 11 is 1.44. The molecule has 1 fully saturated rings. The monoisotopic (exact) mass is 487 g/mol. The maximum absolute atomic E-state index is 13.0. The molecule has 0 bridgehead atoms. The molecule has 8 heteroatoms. The third-order valence-electron chi connectivity index (χ3n) is 6.36. The molecule has 0 N–H and O–H groups in total. The number of benzene rings is 2. The summed E-state index contributed by atoms with van der Waals surface area (Å²) in [4.78, 5) is 17.5. The molecule has 7 nitrogen and oxygen atoms in total. The largest absolute Gasteiger partial charge is 0.461 e. The molecule has 180 valence electrons. The maximum Gasteiger partial charge on any atom is 0.233 e. The third kappa shape index (κ3) is 5.18. The number of thioether (sulfide) groups is 1. The van der Waals surface area contributed by atoms with E-state index >= 15 is 0 Å². The van der Waals surface area contributed by atoms with Gasteiger partial charge in [0.25, 0.3) is 0 Å². The van der Waals surface area contributed by atoms with Crippen molar-refractivity contribution in [3.05, 3.63) is 90.2 Å². The van der Waals surface area contributed by atoms with Gasteiger partial charge in [-0.3, -0.25) is 14.3 Å². The summed E-state index contributed by atoms with van der Waals surface area (Å²) in [5.41, 5.74) is 2.56. The van der Waals surface area contributed by atoms with Gasteiger partial charge in [0.1, 0.15) is 0 Å². The van der Waals surface area contributed by atoms with Crippen molar-refractivity contribution in [2.24, 2.45) is 0 Å². The maximum atomic E-state index is 13.0. The molecule has 35 heavy (non-hydrogen) atoms. The van der Waals surface area contributed by atoms with Crippen LogP contribution < -0.4 is 0 Å². The first-order chi connectivity index (χ1) is 17.2. The van der Waals surface area contributed by atoms with Gasteiger partial charge in [0.2, 0.25) is 5.91 Å². The molecule has 1 amide bonds. The standard InChI is InChI=1S/C27H29N5O2S/c1-2-32-26(23-14-9-19-34-23)28-29-27(32)35-20-24(33)30-15-17-31(18-16-30)25(21-10-5-3-6-11-21)22-12-7-4-8-13-22/h3-14,19,25H,2,15-18,20H2,1H3. The molecule has 0 spiro atoms. The molecule has 0 aliphatic carbocycles. The minimum Gasteiger partial charge on any atom is -0.461 e. The number of hydrogen-bond acceptors (Lipinski definition) is 6. The zero-order valence-electron chi connectivity index (χ0n) is 19.8. The Bertz CT molecular complexity index is 1180. The van der Waals surface area contributed by atoms with Crippen LogP contribution in [0.4, 0.5) is 0 Å². The molecular formula is C27H29N5O2S. The van der Waals surface area contributed by atoms with Crippen LogP contribution in [0, 0.1) is 0 Å². The summed E-state index contributed by atoms with van der Waals surface area (Å²) in [6, 6.07) is 25.1. The van der Waals surface area contributed by atoms with E-state index in [1.165, 1.54) is 22.9 Å². The SMILES string of the molecule is CCn1c(SCC(=O)N2CCN(C(c3ccccc3)c3ccccc3)CC2)nnc1-c1ccco1. The molecule has 2 aromatic heterocycles. The molecular weight excluding hydrogens is 458 g/mol. The Balaban J connectivity index is 1.21. The van der Waals surface area contributed by atoms with Crippen LogP contribution in [-0.2, 0) is 11.3 Å². The van der Waals surface area contributed by atoms with Crippen molar-refractivity contribution in [1.82, 2.24) is 24.6 Å². The zero-order valence-corrected chi connectivity index (χ0v) is 20.6. The van der Waals surface area contributed by atoms with Gasteiger partial charge >= 0.3 is 0 Å². The fraction of sp³-hybridized carbons (Fsp3) is 0.296. The Kier molecular flexibility index (Phi) is 7.30. The Hall–Kier alpha value is -3.36. The van der Waals surface area contributed by atoms with Gasteiger partial charge in [-0.2, -0.15) is 0 Å². The topological polar surface area (TPSA) is 67.4 Å². The van der Waals surface area contributed by atoms with Crippen molar-refractivity contribution in [3.8, 4) is 11.6 Å². The lowest BCUT2D eigenvalue weighted by atomic mass is 9.96. The van der Waals surface area contributed by atoms with E-state index in [0.29, 0.717) is 37.0 Å². The first-order valence-electron chi connectivity index (χ1n) is 12.0. The number of hydrogen-bond donors (Lipinski definition) is 0. The van der Waals surface area contributed by atoms with Gasteiger partial charge in [0, 0.05) is 32.7 Å². The van der Waals surface area contributed by atoms with E-state index in [9.17, 15) is 4.79 Å². The second kappa shape index (κ2) is 10.9. The smallest absolute Gasteiger partial charge is 0.233 e. The van der Waals surface area contributed by atoms with Crippen LogP contribution in [0.25, 0.3) is 11.6 Å². The van der Waals surface area contributed by atoms with E-state index in [1.807, 2.05) is 28.5 Å². The van der Waals surface area contributed by atoms with Crippen molar-refractivity contribution in [2.75, 3.05) is 31.9 Å². The van der Waals surface area contributed by atoms with Gasteiger partial charge in [-0.25, -0.2) is 0 Å². The number of piperazine rings is 1. The fourth-order valence-corrected chi connectivity index (χ4v) is 5.51. The number of aromatic nitrogens is 3. The van der Waals surface area contributed by atoms with Crippen LogP contribution >= 0.6 is 11.8 Å². The number of rotatable bonds is 8. The minimum absolute atomic E-state index is 0.135. The second-order valence-electron chi connectivity index (χ2n) is 8.46. The van der Waals surface area contributed by atoms with E-state index in [2.05, 4.69) is 75.8 Å². The van der Waals surface area contributed by atoms with Gasteiger partial charge in [-0.05, 0) is 30.2 Å². The lowest BCUT2D eigenvalue weighted by Crippen LogP contribution is -2.50. The van der Waals surface area contributed by atoms with Gasteiger partial charge in [0.05, 0.1) is 18.1 Å². The highest BCUT2D eigenvalue weighted by molar-refractivity contribution is 7.99. The van der Waals surface area contributed by atoms with Crippen LogP contribution in [0.15, 0.2) is 88.6 Å². The molecule has 1 saturated heterocycles. The Morgan fingerprint density at radius 3 is 2.14 bits per heavy atom.